The van der Waals surface area contributed by atoms with Gasteiger partial charge in [0.15, 0.2) is 11.6 Å². The van der Waals surface area contributed by atoms with Crippen LogP contribution in [0.25, 0.3) is 0 Å². The van der Waals surface area contributed by atoms with Gasteiger partial charge >= 0.3 is 23.9 Å². The van der Waals surface area contributed by atoms with Crippen LogP contribution >= 0.6 is 0 Å². The largest absolute Gasteiger partial charge is 0.474 e. The molecular formula is C119H167N15O10. The maximum atomic E-state index is 14.4. The van der Waals surface area contributed by atoms with Gasteiger partial charge in [0.25, 0.3) is 5.91 Å². The van der Waals surface area contributed by atoms with Crippen molar-refractivity contribution in [1.29, 1.82) is 0 Å². The molecule has 19 fully saturated rings. The van der Waals surface area contributed by atoms with Gasteiger partial charge in [0, 0.05) is 140 Å². The zero-order valence-electron chi connectivity index (χ0n) is 86.8. The van der Waals surface area contributed by atoms with Crippen LogP contribution in [-0.4, -0.2) is 246 Å². The van der Waals surface area contributed by atoms with Crippen molar-refractivity contribution in [2.24, 2.45) is 62.8 Å². The summed E-state index contributed by atoms with van der Waals surface area (Å²) < 4.78 is 0. The smallest absolute Gasteiger partial charge is 0.394 e. The van der Waals surface area contributed by atoms with E-state index in [0.29, 0.717) is 85.7 Å². The van der Waals surface area contributed by atoms with Crippen molar-refractivity contribution in [3.05, 3.63) is 115 Å². The zero-order chi connectivity index (χ0) is 98.8. The van der Waals surface area contributed by atoms with Crippen LogP contribution < -0.4 is 24.9 Å². The predicted molar refractivity (Wildman–Crippen MR) is 565 cm³/mol. The first kappa shape index (κ1) is 101. The van der Waals surface area contributed by atoms with Crippen LogP contribution in [0.1, 0.15) is 342 Å². The highest BCUT2D eigenvalue weighted by atomic mass is 16.4. The molecule has 8 saturated carbocycles. The normalized spacial score (nSPS) is 35.7. The molecule has 12 heterocycles. The Morgan fingerprint density at radius 3 is 1.03 bits per heavy atom. The number of carbonyl (C=O) groups excluding carboxylic acids is 8. The first-order valence-corrected chi connectivity index (χ1v) is 58.1. The first-order valence-electron chi connectivity index (χ1n) is 58.1. The second-order valence-corrected chi connectivity index (χ2v) is 48.9. The number of nitrogens with zero attached hydrogens (tertiary/aromatic N) is 14. The molecule has 25 heteroatoms. The predicted octanol–water partition coefficient (Wildman–Crippen LogP) is 21.7. The number of Topliss-reactive ketones (excluding diaryl/α,β-unsaturated/α-hetero) is 3. The lowest BCUT2D eigenvalue weighted by Gasteiger charge is -2.56. The van der Waals surface area contributed by atoms with Crippen LogP contribution in [0.2, 0.25) is 0 Å². The number of carboxylic acid groups (broad SMARTS) is 1. The molecule has 7 amide bonds. The van der Waals surface area contributed by atoms with Crippen molar-refractivity contribution in [3.63, 3.8) is 0 Å². The number of hydrogen-bond acceptors (Lipinski definition) is 17. The highest BCUT2D eigenvalue weighted by Gasteiger charge is 2.55. The highest BCUT2D eigenvalue weighted by molar-refractivity contribution is 6.41. The fourth-order valence-corrected chi connectivity index (χ4v) is 34.5. The van der Waals surface area contributed by atoms with Crippen LogP contribution in [-0.2, 0) is 33.6 Å². The van der Waals surface area contributed by atoms with Crippen molar-refractivity contribution in [1.82, 2.24) is 34.3 Å². The summed E-state index contributed by atoms with van der Waals surface area (Å²) in [7, 11) is 0. The number of fused-ring (bicyclic) bond motifs is 16. The second-order valence-electron chi connectivity index (χ2n) is 48.9. The number of urea groups is 2. The molecular weight excluding hydrogens is 1800 g/mol. The minimum Gasteiger partial charge on any atom is -0.474 e. The summed E-state index contributed by atoms with van der Waals surface area (Å²) in [5.74, 6) is 3.88. The average molecular weight is 1970 g/mol. The van der Waals surface area contributed by atoms with Gasteiger partial charge in [-0.15, -0.1) is 5.10 Å². The molecule has 144 heavy (non-hydrogen) atoms. The van der Waals surface area contributed by atoms with Crippen LogP contribution in [0.3, 0.4) is 0 Å². The molecule has 0 radical (unpaired) electrons. The van der Waals surface area contributed by atoms with Crippen molar-refractivity contribution < 1.29 is 48.3 Å². The Labute approximate surface area is 857 Å². The van der Waals surface area contributed by atoms with Crippen molar-refractivity contribution in [3.8, 4) is 0 Å². The van der Waals surface area contributed by atoms with Crippen molar-refractivity contribution >= 4 is 87.3 Å². The number of hydrogen-bond donors (Lipinski definition) is 2. The van der Waals surface area contributed by atoms with Crippen LogP contribution in [0, 0.1) is 47.3 Å². The molecule has 19 unspecified atom stereocenters. The third-order valence-electron chi connectivity index (χ3n) is 40.0. The monoisotopic (exact) mass is 1970 g/mol. The maximum absolute atomic E-state index is 14.4. The summed E-state index contributed by atoms with van der Waals surface area (Å²) in [6, 6.07) is 45.9. The van der Waals surface area contributed by atoms with Gasteiger partial charge in [0.1, 0.15) is 6.54 Å². The summed E-state index contributed by atoms with van der Waals surface area (Å²) in [5.41, 5.74) is 4.77. The van der Waals surface area contributed by atoms with E-state index in [9.17, 15) is 43.2 Å². The van der Waals surface area contributed by atoms with Gasteiger partial charge in [-0.3, -0.25) is 58.2 Å². The number of nitrogens with one attached hydrogen (secondary N) is 1. The fourth-order valence-electron chi connectivity index (χ4n) is 34.5. The molecule has 8 aliphatic carbocycles. The Morgan fingerprint density at radius 2 is 0.660 bits per heavy atom. The van der Waals surface area contributed by atoms with Gasteiger partial charge in [0.2, 0.25) is 11.7 Å². The Kier molecular flexibility index (Phi) is 32.1. The number of para-hydroxylation sites is 5. The molecule has 11 saturated heterocycles. The van der Waals surface area contributed by atoms with E-state index < -0.39 is 23.6 Å². The van der Waals surface area contributed by atoms with Gasteiger partial charge < -0.3 is 34.9 Å². The molecule has 4 aromatic carbocycles. The quantitative estimate of drug-likeness (QED) is 0.0827. The lowest BCUT2D eigenvalue weighted by atomic mass is 9.68. The Morgan fingerprint density at radius 1 is 0.333 bits per heavy atom. The Balaban J connectivity index is 0.000000113. The lowest BCUT2D eigenvalue weighted by Crippen LogP contribution is -2.63. The van der Waals surface area contributed by atoms with E-state index in [1.165, 1.54) is 243 Å². The van der Waals surface area contributed by atoms with Crippen LogP contribution in [0.15, 0.2) is 131 Å². The molecule has 24 rings (SSSR count). The lowest BCUT2D eigenvalue weighted by molar-refractivity contribution is -0.147. The van der Waals surface area contributed by atoms with E-state index in [1.807, 2.05) is 28.0 Å². The van der Waals surface area contributed by atoms with Gasteiger partial charge in [-0.05, 0) is 333 Å². The molecule has 2 N–H and O–H groups in total. The van der Waals surface area contributed by atoms with Gasteiger partial charge in [-0.25, -0.2) is 14.4 Å². The highest BCUT2D eigenvalue weighted by Crippen LogP contribution is 2.54. The molecule has 19 atom stereocenters. The molecule has 16 bridgehead atoms. The van der Waals surface area contributed by atoms with Gasteiger partial charge in [0.05, 0.1) is 41.8 Å². The molecule has 12 aliphatic heterocycles. The molecule has 4 aromatic rings. The summed E-state index contributed by atoms with van der Waals surface area (Å²) >= 11 is 0. The topological polar surface area (TPSA) is 259 Å². The number of amides is 7. The van der Waals surface area contributed by atoms with E-state index in [-0.39, 0.29) is 71.5 Å². The van der Waals surface area contributed by atoms with Crippen molar-refractivity contribution in [2.45, 2.75) is 457 Å². The number of ketones is 3. The Hall–Kier alpha value is -8.78. The van der Waals surface area contributed by atoms with Gasteiger partial charge in [-0.2, -0.15) is 5.11 Å². The van der Waals surface area contributed by atoms with E-state index in [4.69, 9.17) is 5.11 Å². The second kappa shape index (κ2) is 45.7. The minimum atomic E-state index is -1.60. The van der Waals surface area contributed by atoms with Crippen molar-refractivity contribution in [2.75, 3.05) is 57.6 Å². The number of benzene rings is 4. The summed E-state index contributed by atoms with van der Waals surface area (Å²) in [6.07, 6.45) is 63.0. The zero-order valence-corrected chi connectivity index (χ0v) is 86.8. The SMILES string of the molecule is CC(=O)C(=O)N(c1ccccc1NC(=O)C(=O)O)C1CC2CCCC(C1)N2C1CC2CCCC(C2)C1.CC(=O)C1CCCN1C(=O)CN(c1ccccc1)C1CC2CCCC(C1)N2C1CC2CCCC(C2)C1.CC(=O)C1CCCN1C(=O)N(c1ccccc1)C1CC2CCCC(C1)N2C1CC2CCCC(C2)C1.O=C(N1CCCC1C1=NN=NC1)N(c1ccccc1)C1CC2CCCC(C1)N2C1CC2CCCC(C2)C1. The number of anilines is 5. The van der Waals surface area contributed by atoms with Crippen LogP contribution in [0.4, 0.5) is 38.0 Å². The van der Waals surface area contributed by atoms with Gasteiger partial charge in [-0.1, -0.05) is 169 Å². The molecule has 0 aromatic heterocycles. The third kappa shape index (κ3) is 22.3. The first-order chi connectivity index (χ1) is 70.2. The summed E-state index contributed by atoms with van der Waals surface area (Å²) in [4.78, 5) is 141. The Bertz CT molecular complexity index is 5100. The molecule has 778 valence electrons. The number of carboxylic acids is 1. The summed E-state index contributed by atoms with van der Waals surface area (Å²) in [5, 5.41) is 23.7. The fraction of sp³-hybridized carbons (Fsp3) is 0.714. The van der Waals surface area contributed by atoms with Crippen LogP contribution in [0.5, 0.6) is 0 Å². The van der Waals surface area contributed by atoms with E-state index in [1.54, 1.807) is 38.1 Å². The number of likely N-dealkylation sites (tertiary alicyclic amines) is 3. The van der Waals surface area contributed by atoms with E-state index >= 15 is 0 Å². The third-order valence-corrected chi connectivity index (χ3v) is 40.0. The average Bonchev–Trinajstić information content (AvgIpc) is 1.05. The number of aliphatic carboxylic acids is 1. The maximum Gasteiger partial charge on any atom is 0.394 e. The summed E-state index contributed by atoms with van der Waals surface area (Å²) in [6.45, 7) is 7.69. The standard InChI is InChI=1S/C31H45N3O2.C30H42N6O.C30H43N3O2.C28H37N3O5/c1-22(35)30-14-7-15-32(30)31(36)21-33(25-10-3-2-4-11-25)28-19-26-12-6-13-27(20-28)34(26)29-17-23-8-5-9-24(16-23)18-29;37-30(34-14-6-13-29(34)28-20-31-33-32-28)36(23-9-2-1-3-10-23)27-18-24-11-5-12-25(19-27)35(24)26-16-21-7-4-8-22(15-21)17-26;1-21(34)29-14-7-15-31(29)30(35)33(24-10-3-2-4-11-24)28-19-25-12-6-13-26(20-28)32(25)27-17-22-8-5-9-23(16-22)18-27;1-17(32)27(34)31(25-11-3-2-10-24(25)29-26(33)28(35)36)23-15-20-8-5-9-21(16-23)30(20)22-13-18-6-4-7-19(12-18)14-22/h2-4,10-11,23-24,26-30H,5-9,12-21H2,1H3;1-3,9-10,21-22,24-27,29H,4-8,11-20H2;2-4,10-11,22-23,25-29H,5-9,12-20H2,1H3;2-3,10-11,18-23H,4-9,12-16H2,1H3,(H,29,33)(H,35,36). The number of rotatable bonds is 19. The number of carbonyl (C=O) groups is 9. The molecule has 25 nitrogen and oxygen atoms in total. The molecule has 20 aliphatic rings. The minimum absolute atomic E-state index is 0.0370. The molecule has 0 spiro atoms. The van der Waals surface area contributed by atoms with E-state index in [2.05, 4.69) is 133 Å². The van der Waals surface area contributed by atoms with E-state index in [0.717, 1.165) is 191 Å². The number of piperidine rings is 8.